The Labute approximate surface area is 115 Å². The number of carbonyl (C=O) groups excluding carboxylic acids is 1. The number of non-ortho nitro benzene ring substituents is 1. The van der Waals surface area contributed by atoms with E-state index in [0.29, 0.717) is 5.75 Å². The fraction of sp³-hybridized carbons (Fsp3) is 0.417. The maximum Gasteiger partial charge on any atom is 0.326 e. The zero-order chi connectivity index (χ0) is 15.1. The molecule has 8 heteroatoms. The van der Waals surface area contributed by atoms with Gasteiger partial charge in [0.25, 0.3) is 5.69 Å². The van der Waals surface area contributed by atoms with Crippen LogP contribution < -0.4 is 14.8 Å². The van der Waals surface area contributed by atoms with E-state index < -0.39 is 16.9 Å². The maximum absolute atomic E-state index is 11.4. The quantitative estimate of drug-likeness (QED) is 0.448. The van der Waals surface area contributed by atoms with Crippen LogP contribution >= 0.6 is 0 Å². The molecule has 20 heavy (non-hydrogen) atoms. The normalized spacial score (nSPS) is 11.6. The first kappa shape index (κ1) is 15.7. The Hall–Kier alpha value is -2.35. The zero-order valence-corrected chi connectivity index (χ0v) is 11.4. The molecule has 1 rings (SSSR count). The minimum absolute atomic E-state index is 0.0410. The second kappa shape index (κ2) is 7.29. The minimum atomic E-state index is -0.677. The Bertz CT molecular complexity index is 491. The lowest BCUT2D eigenvalue weighted by Gasteiger charge is -2.16. The molecule has 0 amide bonds. The van der Waals surface area contributed by atoms with Crippen LogP contribution in [0.5, 0.6) is 11.5 Å². The number of nitro benzene ring substituents is 1. The molecule has 0 saturated carbocycles. The van der Waals surface area contributed by atoms with Crippen molar-refractivity contribution in [1.29, 1.82) is 0 Å². The molecular weight excluding hydrogens is 268 g/mol. The van der Waals surface area contributed by atoms with Crippen molar-refractivity contribution in [3.63, 3.8) is 0 Å². The maximum atomic E-state index is 11.4. The van der Waals surface area contributed by atoms with Gasteiger partial charge >= 0.3 is 5.97 Å². The number of hydrogen-bond donors (Lipinski definition) is 1. The molecule has 1 N–H and O–H groups in total. The Morgan fingerprint density at radius 1 is 1.40 bits per heavy atom. The molecule has 0 fully saturated rings. The molecule has 1 atom stereocenters. The van der Waals surface area contributed by atoms with E-state index in [2.05, 4.69) is 10.1 Å². The molecule has 0 aliphatic carbocycles. The van der Waals surface area contributed by atoms with Crippen molar-refractivity contribution in [2.45, 2.75) is 6.04 Å². The smallest absolute Gasteiger partial charge is 0.326 e. The number of methoxy groups -OCH3 is 2. The fourth-order valence-electron chi connectivity index (χ4n) is 1.48. The fourth-order valence-corrected chi connectivity index (χ4v) is 1.48. The number of benzene rings is 1. The van der Waals surface area contributed by atoms with Crippen molar-refractivity contribution in [2.24, 2.45) is 0 Å². The van der Waals surface area contributed by atoms with Gasteiger partial charge in [0, 0.05) is 6.07 Å². The van der Waals surface area contributed by atoms with Crippen molar-refractivity contribution in [3.8, 4) is 11.5 Å². The number of hydrogen-bond acceptors (Lipinski definition) is 7. The number of nitrogens with zero attached hydrogens (tertiary/aromatic N) is 1. The van der Waals surface area contributed by atoms with Crippen LogP contribution in [0, 0.1) is 10.1 Å². The van der Waals surface area contributed by atoms with Crippen molar-refractivity contribution >= 4 is 11.7 Å². The van der Waals surface area contributed by atoms with E-state index >= 15 is 0 Å². The number of likely N-dealkylation sites (N-methyl/N-ethyl adjacent to an activating group) is 1. The lowest BCUT2D eigenvalue weighted by molar-refractivity contribution is -0.385. The van der Waals surface area contributed by atoms with Crippen molar-refractivity contribution < 1.29 is 23.9 Å². The van der Waals surface area contributed by atoms with E-state index in [1.807, 2.05) is 0 Å². The summed E-state index contributed by atoms with van der Waals surface area (Å²) in [5.41, 5.74) is -0.125. The van der Waals surface area contributed by atoms with Crippen LogP contribution in [0.15, 0.2) is 18.2 Å². The van der Waals surface area contributed by atoms with Gasteiger partial charge in [-0.2, -0.15) is 0 Å². The van der Waals surface area contributed by atoms with E-state index in [0.717, 1.165) is 0 Å². The standard InChI is InChI=1S/C12H16N2O6/c1-13-9(12(15)19-3)7-20-11-6-8(14(16)17)4-5-10(11)18-2/h4-6,9,13H,7H2,1-3H3. The third-order valence-electron chi connectivity index (χ3n) is 2.60. The van der Waals surface area contributed by atoms with Crippen molar-refractivity contribution in [2.75, 3.05) is 27.9 Å². The third kappa shape index (κ3) is 3.82. The van der Waals surface area contributed by atoms with Gasteiger partial charge in [0.1, 0.15) is 12.6 Å². The van der Waals surface area contributed by atoms with Gasteiger partial charge in [0.05, 0.1) is 25.2 Å². The average molecular weight is 284 g/mol. The predicted molar refractivity (Wildman–Crippen MR) is 70.0 cm³/mol. The van der Waals surface area contributed by atoms with E-state index in [4.69, 9.17) is 9.47 Å². The zero-order valence-electron chi connectivity index (χ0n) is 11.4. The van der Waals surface area contributed by atoms with Gasteiger partial charge in [0.15, 0.2) is 11.5 Å². The van der Waals surface area contributed by atoms with Crippen LogP contribution in [0.2, 0.25) is 0 Å². The largest absolute Gasteiger partial charge is 0.493 e. The molecular formula is C12H16N2O6. The highest BCUT2D eigenvalue weighted by Crippen LogP contribution is 2.31. The molecule has 110 valence electrons. The summed E-state index contributed by atoms with van der Waals surface area (Å²) in [6, 6.07) is 3.30. The summed E-state index contributed by atoms with van der Waals surface area (Å²) in [6.45, 7) is -0.0410. The second-order valence-electron chi connectivity index (χ2n) is 3.77. The highest BCUT2D eigenvalue weighted by Gasteiger charge is 2.19. The van der Waals surface area contributed by atoms with Gasteiger partial charge in [-0.1, -0.05) is 0 Å². The minimum Gasteiger partial charge on any atom is -0.493 e. The predicted octanol–water partition coefficient (Wildman–Crippen LogP) is 0.743. The van der Waals surface area contributed by atoms with Crippen LogP contribution in [0.3, 0.4) is 0 Å². The number of esters is 1. The Morgan fingerprint density at radius 3 is 2.60 bits per heavy atom. The first-order chi connectivity index (χ1) is 9.53. The number of carbonyl (C=O) groups is 1. The van der Waals surface area contributed by atoms with Gasteiger partial charge in [-0.05, 0) is 13.1 Å². The molecule has 0 heterocycles. The topological polar surface area (TPSA) is 99.9 Å². The Kier molecular flexibility index (Phi) is 5.73. The molecule has 1 aromatic carbocycles. The highest BCUT2D eigenvalue weighted by molar-refractivity contribution is 5.75. The summed E-state index contributed by atoms with van der Waals surface area (Å²) >= 11 is 0. The molecule has 0 bridgehead atoms. The van der Waals surface area contributed by atoms with E-state index in [-0.39, 0.29) is 18.0 Å². The molecule has 0 saturated heterocycles. The SMILES string of the molecule is CNC(COc1cc([N+](=O)[O-])ccc1OC)C(=O)OC. The van der Waals surface area contributed by atoms with Gasteiger partial charge in [0.2, 0.25) is 0 Å². The summed E-state index contributed by atoms with van der Waals surface area (Å²) in [7, 11) is 4.26. The monoisotopic (exact) mass is 284 g/mol. The second-order valence-corrected chi connectivity index (χ2v) is 3.77. The van der Waals surface area contributed by atoms with Crippen molar-refractivity contribution in [1.82, 2.24) is 5.32 Å². The Morgan fingerprint density at radius 2 is 2.10 bits per heavy atom. The molecule has 0 radical (unpaired) electrons. The summed E-state index contributed by atoms with van der Waals surface area (Å²) < 4.78 is 15.0. The van der Waals surface area contributed by atoms with Crippen LogP contribution in [-0.2, 0) is 9.53 Å². The first-order valence-corrected chi connectivity index (χ1v) is 5.73. The van der Waals surface area contributed by atoms with E-state index in [9.17, 15) is 14.9 Å². The molecule has 1 unspecified atom stereocenters. The van der Waals surface area contributed by atoms with Crippen LogP contribution in [0.4, 0.5) is 5.69 Å². The van der Waals surface area contributed by atoms with E-state index in [1.165, 1.54) is 32.4 Å². The van der Waals surface area contributed by atoms with E-state index in [1.54, 1.807) is 7.05 Å². The molecule has 0 spiro atoms. The lowest BCUT2D eigenvalue weighted by Crippen LogP contribution is -2.40. The number of ether oxygens (including phenoxy) is 3. The van der Waals surface area contributed by atoms with Crippen molar-refractivity contribution in [3.05, 3.63) is 28.3 Å². The summed E-state index contributed by atoms with van der Waals surface area (Å²) in [4.78, 5) is 21.6. The third-order valence-corrected chi connectivity index (χ3v) is 2.60. The average Bonchev–Trinajstić information content (AvgIpc) is 2.47. The molecule has 0 aliphatic heterocycles. The molecule has 1 aromatic rings. The van der Waals surface area contributed by atoms with Crippen LogP contribution in [-0.4, -0.2) is 44.8 Å². The summed E-state index contributed by atoms with van der Waals surface area (Å²) in [5, 5.41) is 13.4. The number of nitrogens with one attached hydrogen (secondary N) is 1. The summed E-state index contributed by atoms with van der Waals surface area (Å²) in [5.74, 6) is 0.0399. The molecule has 0 aromatic heterocycles. The highest BCUT2D eigenvalue weighted by atomic mass is 16.6. The van der Waals surface area contributed by atoms with Gasteiger partial charge in [-0.3, -0.25) is 14.9 Å². The van der Waals surface area contributed by atoms with Gasteiger partial charge < -0.3 is 19.5 Å². The first-order valence-electron chi connectivity index (χ1n) is 5.73. The lowest BCUT2D eigenvalue weighted by atomic mass is 10.2. The number of rotatable bonds is 7. The molecule has 0 aliphatic rings. The van der Waals surface area contributed by atoms with Gasteiger partial charge in [-0.15, -0.1) is 0 Å². The molecule has 8 nitrogen and oxygen atoms in total. The van der Waals surface area contributed by atoms with Crippen LogP contribution in [0.25, 0.3) is 0 Å². The number of nitro groups is 1. The van der Waals surface area contributed by atoms with Gasteiger partial charge in [-0.25, -0.2) is 0 Å². The summed E-state index contributed by atoms with van der Waals surface area (Å²) in [6.07, 6.45) is 0. The Balaban J connectivity index is 2.87. The van der Waals surface area contributed by atoms with Crippen LogP contribution in [0.1, 0.15) is 0 Å².